The number of para-hydroxylation sites is 2. The van der Waals surface area contributed by atoms with Crippen molar-refractivity contribution >= 4 is 55.0 Å². The number of aliphatic carboxylic acids is 2. The summed E-state index contributed by atoms with van der Waals surface area (Å²) in [5.74, 6) is -2.62. The Kier molecular flexibility index (Phi) is 5.55. The van der Waals surface area contributed by atoms with Gasteiger partial charge in [0, 0.05) is 0 Å². The van der Waals surface area contributed by atoms with E-state index in [1.807, 2.05) is 12.1 Å². The van der Waals surface area contributed by atoms with E-state index in [0.717, 1.165) is 27.5 Å². The highest BCUT2D eigenvalue weighted by atomic mass is 32.1. The minimum atomic E-state index is -1.31. The molecule has 0 amide bonds. The molecule has 0 saturated heterocycles. The number of rotatable bonds is 4. The van der Waals surface area contributed by atoms with Crippen LogP contribution in [0.25, 0.3) is 20.4 Å². The van der Waals surface area contributed by atoms with Gasteiger partial charge in [0.25, 0.3) is 0 Å². The highest BCUT2D eigenvalue weighted by molar-refractivity contribution is 7.20. The number of hydrogen-bond acceptors (Lipinski definition) is 6. The summed E-state index contributed by atoms with van der Waals surface area (Å²) in [6.07, 6.45) is 0.0265. The SMILES string of the molecule is O=C(O)CC(=O)O.c1ccc2sc(Cc3nc4ccccc4s3)nc2c1. The van der Waals surface area contributed by atoms with Crippen LogP contribution in [-0.2, 0) is 16.0 Å². The molecule has 0 fully saturated rings. The van der Waals surface area contributed by atoms with Crippen molar-refractivity contribution in [3.63, 3.8) is 0 Å². The average Bonchev–Trinajstić information content (AvgIpc) is 3.16. The van der Waals surface area contributed by atoms with Gasteiger partial charge >= 0.3 is 11.9 Å². The molecule has 0 atom stereocenters. The normalized spacial score (nSPS) is 10.5. The van der Waals surface area contributed by atoms with Crippen molar-refractivity contribution in [3.8, 4) is 0 Å². The van der Waals surface area contributed by atoms with Gasteiger partial charge in [-0.2, -0.15) is 0 Å². The summed E-state index contributed by atoms with van der Waals surface area (Å²) in [4.78, 5) is 28.2. The standard InChI is InChI=1S/C15H10N2S2.C3H4O4/c1-3-7-12-10(5-1)16-14(18-12)9-15-17-11-6-2-4-8-13(11)19-15;4-2(5)1-3(6)7/h1-8H,9H2;1H2,(H,4,5)(H,6,7). The molecule has 0 unspecified atom stereocenters. The molecule has 132 valence electrons. The van der Waals surface area contributed by atoms with Gasteiger partial charge in [-0.25, -0.2) is 9.97 Å². The van der Waals surface area contributed by atoms with Gasteiger partial charge in [0.1, 0.15) is 16.4 Å². The maximum Gasteiger partial charge on any atom is 0.314 e. The molecule has 0 bridgehead atoms. The van der Waals surface area contributed by atoms with Crippen molar-refractivity contribution in [2.75, 3.05) is 0 Å². The summed E-state index contributed by atoms with van der Waals surface area (Å²) >= 11 is 3.52. The summed E-state index contributed by atoms with van der Waals surface area (Å²) in [6.45, 7) is 0. The first-order valence-electron chi connectivity index (χ1n) is 7.64. The van der Waals surface area contributed by atoms with E-state index < -0.39 is 18.4 Å². The van der Waals surface area contributed by atoms with Crippen LogP contribution in [0.5, 0.6) is 0 Å². The summed E-state index contributed by atoms with van der Waals surface area (Å²) < 4.78 is 2.50. The highest BCUT2D eigenvalue weighted by Crippen LogP contribution is 2.27. The largest absolute Gasteiger partial charge is 0.481 e. The van der Waals surface area contributed by atoms with Gasteiger partial charge in [-0.3, -0.25) is 9.59 Å². The fraction of sp³-hybridized carbons (Fsp3) is 0.111. The molecular weight excluding hydrogens is 372 g/mol. The number of carboxylic acids is 2. The Labute approximate surface area is 156 Å². The summed E-state index contributed by atoms with van der Waals surface area (Å²) in [5.41, 5.74) is 2.17. The second-order valence-corrected chi connectivity index (χ2v) is 7.52. The molecule has 2 aromatic heterocycles. The molecule has 2 heterocycles. The minimum absolute atomic E-state index is 0.806. The number of aromatic nitrogens is 2. The van der Waals surface area contributed by atoms with E-state index in [-0.39, 0.29) is 0 Å². The number of carbonyl (C=O) groups is 2. The van der Waals surface area contributed by atoms with Crippen LogP contribution in [0.4, 0.5) is 0 Å². The first kappa shape index (κ1) is 18.0. The minimum Gasteiger partial charge on any atom is -0.481 e. The first-order chi connectivity index (χ1) is 12.5. The molecule has 2 N–H and O–H groups in total. The van der Waals surface area contributed by atoms with Gasteiger partial charge in [-0.05, 0) is 24.3 Å². The van der Waals surface area contributed by atoms with Crippen LogP contribution < -0.4 is 0 Å². The van der Waals surface area contributed by atoms with E-state index >= 15 is 0 Å². The van der Waals surface area contributed by atoms with Crippen molar-refractivity contribution in [2.45, 2.75) is 12.8 Å². The van der Waals surface area contributed by atoms with Crippen molar-refractivity contribution in [2.24, 2.45) is 0 Å². The zero-order chi connectivity index (χ0) is 18.5. The molecule has 26 heavy (non-hydrogen) atoms. The lowest BCUT2D eigenvalue weighted by Gasteiger charge is -1.88. The molecule has 0 spiro atoms. The predicted molar refractivity (Wildman–Crippen MR) is 102 cm³/mol. The van der Waals surface area contributed by atoms with E-state index in [0.29, 0.717) is 0 Å². The van der Waals surface area contributed by atoms with Crippen molar-refractivity contribution in [1.82, 2.24) is 9.97 Å². The van der Waals surface area contributed by atoms with Gasteiger partial charge in [0.15, 0.2) is 0 Å². The second-order valence-electron chi connectivity index (χ2n) is 5.29. The number of thiazole rings is 2. The molecular formula is C18H14N2O4S2. The van der Waals surface area contributed by atoms with E-state index in [1.165, 1.54) is 9.40 Å². The molecule has 0 aliphatic carbocycles. The van der Waals surface area contributed by atoms with Crippen LogP contribution in [-0.4, -0.2) is 32.1 Å². The molecule has 0 radical (unpaired) electrons. The Balaban J connectivity index is 0.000000242. The van der Waals surface area contributed by atoms with Crippen LogP contribution in [0, 0.1) is 0 Å². The van der Waals surface area contributed by atoms with Gasteiger partial charge in [-0.15, -0.1) is 22.7 Å². The molecule has 0 aliphatic heterocycles. The number of nitrogens with zero attached hydrogens (tertiary/aromatic N) is 2. The molecule has 0 aliphatic rings. The fourth-order valence-corrected chi connectivity index (χ4v) is 4.28. The van der Waals surface area contributed by atoms with Crippen LogP contribution >= 0.6 is 22.7 Å². The van der Waals surface area contributed by atoms with E-state index in [9.17, 15) is 9.59 Å². The van der Waals surface area contributed by atoms with E-state index in [1.54, 1.807) is 22.7 Å². The Bertz CT molecular complexity index is 921. The lowest BCUT2D eigenvalue weighted by atomic mass is 10.3. The molecule has 4 aromatic rings. The third kappa shape index (κ3) is 4.62. The smallest absolute Gasteiger partial charge is 0.314 e. The molecule has 8 heteroatoms. The van der Waals surface area contributed by atoms with Crippen molar-refractivity contribution in [3.05, 3.63) is 58.5 Å². The third-order valence-electron chi connectivity index (χ3n) is 3.28. The molecule has 2 aromatic carbocycles. The maximum absolute atomic E-state index is 9.43. The lowest BCUT2D eigenvalue weighted by molar-refractivity contribution is -0.147. The quantitative estimate of drug-likeness (QED) is 0.513. The van der Waals surface area contributed by atoms with Crippen LogP contribution in [0.15, 0.2) is 48.5 Å². The Hall–Kier alpha value is -2.84. The Morgan fingerprint density at radius 3 is 1.54 bits per heavy atom. The van der Waals surface area contributed by atoms with Crippen LogP contribution in [0.2, 0.25) is 0 Å². The maximum atomic E-state index is 9.43. The highest BCUT2D eigenvalue weighted by Gasteiger charge is 2.08. The molecule has 4 rings (SSSR count). The van der Waals surface area contributed by atoms with Crippen molar-refractivity contribution in [1.29, 1.82) is 0 Å². The Morgan fingerprint density at radius 1 is 0.769 bits per heavy atom. The van der Waals surface area contributed by atoms with Crippen molar-refractivity contribution < 1.29 is 19.8 Å². The number of carboxylic acid groups (broad SMARTS) is 2. The van der Waals surface area contributed by atoms with E-state index in [4.69, 9.17) is 10.2 Å². The zero-order valence-corrected chi connectivity index (χ0v) is 15.1. The number of benzene rings is 2. The predicted octanol–water partition coefficient (Wildman–Crippen LogP) is 4.04. The lowest BCUT2D eigenvalue weighted by Crippen LogP contribution is -2.03. The summed E-state index contributed by atoms with van der Waals surface area (Å²) in [6, 6.07) is 16.5. The van der Waals surface area contributed by atoms with E-state index in [2.05, 4.69) is 46.4 Å². The van der Waals surface area contributed by atoms with Crippen LogP contribution in [0.3, 0.4) is 0 Å². The summed E-state index contributed by atoms with van der Waals surface area (Å²) in [7, 11) is 0. The van der Waals surface area contributed by atoms with Gasteiger partial charge in [-0.1, -0.05) is 24.3 Å². The average molecular weight is 386 g/mol. The first-order valence-corrected chi connectivity index (χ1v) is 9.27. The van der Waals surface area contributed by atoms with Gasteiger partial charge in [0.2, 0.25) is 0 Å². The fourth-order valence-electron chi connectivity index (χ4n) is 2.25. The monoisotopic (exact) mass is 386 g/mol. The third-order valence-corrected chi connectivity index (χ3v) is 5.35. The Morgan fingerprint density at radius 2 is 1.19 bits per heavy atom. The second kappa shape index (κ2) is 8.03. The number of fused-ring (bicyclic) bond motifs is 2. The molecule has 6 nitrogen and oxygen atoms in total. The topological polar surface area (TPSA) is 100 Å². The van der Waals surface area contributed by atoms with Gasteiger partial charge < -0.3 is 10.2 Å². The number of hydrogen-bond donors (Lipinski definition) is 2. The summed E-state index contributed by atoms with van der Waals surface area (Å²) in [5, 5.41) is 17.7. The zero-order valence-electron chi connectivity index (χ0n) is 13.5. The molecule has 0 saturated carbocycles. The van der Waals surface area contributed by atoms with Crippen LogP contribution in [0.1, 0.15) is 16.4 Å². The van der Waals surface area contributed by atoms with Gasteiger partial charge in [0.05, 0.1) is 26.9 Å².